The zero-order valence-electron chi connectivity index (χ0n) is 17.0. The molecule has 0 radical (unpaired) electrons. The highest BCUT2D eigenvalue weighted by molar-refractivity contribution is 6.31. The Morgan fingerprint density at radius 2 is 1.69 bits per heavy atom. The molecule has 3 rings (SSSR count). The first-order valence-corrected chi connectivity index (χ1v) is 10.2. The highest BCUT2D eigenvalue weighted by atomic mass is 35.5. The van der Waals surface area contributed by atoms with E-state index in [9.17, 15) is 9.59 Å². The molecule has 3 aromatic carbocycles. The van der Waals surface area contributed by atoms with Crippen molar-refractivity contribution < 1.29 is 19.1 Å². The Morgan fingerprint density at radius 3 is 2.44 bits per heavy atom. The first-order valence-electron chi connectivity index (χ1n) is 9.40. The smallest absolute Gasteiger partial charge is 0.271 e. The molecular formula is C23H19Cl2N3O4. The van der Waals surface area contributed by atoms with Gasteiger partial charge in [0.15, 0.2) is 6.61 Å². The summed E-state index contributed by atoms with van der Waals surface area (Å²) in [6.45, 7) is -0.252. The van der Waals surface area contributed by atoms with Gasteiger partial charge in [-0.05, 0) is 54.6 Å². The van der Waals surface area contributed by atoms with Gasteiger partial charge in [-0.15, -0.1) is 0 Å². The lowest BCUT2D eigenvalue weighted by atomic mass is 10.2. The second-order valence-electron chi connectivity index (χ2n) is 6.43. The summed E-state index contributed by atoms with van der Waals surface area (Å²) in [5.41, 5.74) is 3.84. The summed E-state index contributed by atoms with van der Waals surface area (Å²) in [5.74, 6) is 0.132. The van der Waals surface area contributed by atoms with Crippen molar-refractivity contribution in [2.45, 2.75) is 0 Å². The molecule has 0 spiro atoms. The molecule has 0 aliphatic heterocycles. The standard InChI is InChI=1S/C23H19Cl2N3O4/c1-31-21-5-3-2-4-19(21)27-22(29)14-32-20-11-10-18(25)12-16(20)13-26-28-23(30)15-6-8-17(24)9-7-15/h2-13H,14H2,1H3,(H,27,29)(H,28,30)/b26-13+. The molecule has 0 unspecified atom stereocenters. The molecule has 7 nitrogen and oxygen atoms in total. The molecular weight excluding hydrogens is 453 g/mol. The van der Waals surface area contributed by atoms with Crippen LogP contribution in [0.5, 0.6) is 11.5 Å². The molecule has 0 saturated carbocycles. The maximum atomic E-state index is 12.3. The molecule has 0 heterocycles. The first kappa shape index (κ1) is 23.1. The third-order valence-electron chi connectivity index (χ3n) is 4.19. The van der Waals surface area contributed by atoms with Crippen molar-refractivity contribution in [3.05, 3.63) is 87.9 Å². The fourth-order valence-corrected chi connectivity index (χ4v) is 2.96. The van der Waals surface area contributed by atoms with Gasteiger partial charge in [0.2, 0.25) is 0 Å². The summed E-state index contributed by atoms with van der Waals surface area (Å²) < 4.78 is 10.8. The van der Waals surface area contributed by atoms with E-state index in [4.69, 9.17) is 32.7 Å². The van der Waals surface area contributed by atoms with E-state index in [1.807, 2.05) is 0 Å². The summed E-state index contributed by atoms with van der Waals surface area (Å²) in [5, 5.41) is 7.65. The van der Waals surface area contributed by atoms with Gasteiger partial charge < -0.3 is 14.8 Å². The van der Waals surface area contributed by atoms with Gasteiger partial charge in [0.1, 0.15) is 11.5 Å². The molecule has 0 aliphatic carbocycles. The van der Waals surface area contributed by atoms with Crippen molar-refractivity contribution in [2.24, 2.45) is 5.10 Å². The van der Waals surface area contributed by atoms with Crippen molar-refractivity contribution >= 4 is 46.9 Å². The van der Waals surface area contributed by atoms with Crippen LogP contribution in [0, 0.1) is 0 Å². The summed E-state index contributed by atoms with van der Waals surface area (Å²) in [4.78, 5) is 24.4. The van der Waals surface area contributed by atoms with Crippen molar-refractivity contribution in [3.63, 3.8) is 0 Å². The molecule has 0 bridgehead atoms. The predicted octanol–water partition coefficient (Wildman–Crippen LogP) is 4.78. The van der Waals surface area contributed by atoms with Gasteiger partial charge in [-0.2, -0.15) is 5.10 Å². The molecule has 3 aromatic rings. The molecule has 0 fully saturated rings. The summed E-state index contributed by atoms with van der Waals surface area (Å²) in [7, 11) is 1.52. The summed E-state index contributed by atoms with van der Waals surface area (Å²) in [6.07, 6.45) is 1.38. The Labute approximate surface area is 194 Å². The van der Waals surface area contributed by atoms with Crippen LogP contribution < -0.4 is 20.2 Å². The Balaban J connectivity index is 1.63. The lowest BCUT2D eigenvalue weighted by molar-refractivity contribution is -0.118. The Hall–Kier alpha value is -3.55. The van der Waals surface area contributed by atoms with Gasteiger partial charge in [0, 0.05) is 21.2 Å². The van der Waals surface area contributed by atoms with Crippen LogP contribution in [0.2, 0.25) is 10.0 Å². The Bertz CT molecular complexity index is 1130. The highest BCUT2D eigenvalue weighted by Gasteiger charge is 2.10. The van der Waals surface area contributed by atoms with E-state index in [0.29, 0.717) is 38.4 Å². The van der Waals surface area contributed by atoms with E-state index >= 15 is 0 Å². The van der Waals surface area contributed by atoms with Gasteiger partial charge in [-0.1, -0.05) is 35.3 Å². The number of benzene rings is 3. The van der Waals surface area contributed by atoms with Crippen LogP contribution in [0.15, 0.2) is 71.8 Å². The zero-order valence-corrected chi connectivity index (χ0v) is 18.5. The quantitative estimate of drug-likeness (QED) is 0.365. The van der Waals surface area contributed by atoms with Crippen LogP contribution in [0.4, 0.5) is 5.69 Å². The number of ether oxygens (including phenoxy) is 2. The number of carbonyl (C=O) groups is 2. The minimum Gasteiger partial charge on any atom is -0.495 e. The third-order valence-corrected chi connectivity index (χ3v) is 4.67. The van der Waals surface area contributed by atoms with Gasteiger partial charge in [-0.3, -0.25) is 9.59 Å². The molecule has 9 heteroatoms. The topological polar surface area (TPSA) is 89.0 Å². The zero-order chi connectivity index (χ0) is 22.9. The number of methoxy groups -OCH3 is 1. The van der Waals surface area contributed by atoms with Gasteiger partial charge in [0.25, 0.3) is 11.8 Å². The molecule has 32 heavy (non-hydrogen) atoms. The van der Waals surface area contributed by atoms with Crippen molar-refractivity contribution in [2.75, 3.05) is 19.0 Å². The van der Waals surface area contributed by atoms with E-state index in [1.54, 1.807) is 66.7 Å². The number of amides is 2. The average molecular weight is 472 g/mol. The number of hydrazone groups is 1. The number of nitrogens with one attached hydrogen (secondary N) is 2. The molecule has 0 atom stereocenters. The Morgan fingerprint density at radius 1 is 0.969 bits per heavy atom. The van der Waals surface area contributed by atoms with E-state index in [1.165, 1.54) is 13.3 Å². The number of para-hydroxylation sites is 2. The minimum absolute atomic E-state index is 0.252. The average Bonchev–Trinajstić information content (AvgIpc) is 2.79. The molecule has 164 valence electrons. The van der Waals surface area contributed by atoms with E-state index in [2.05, 4.69) is 15.8 Å². The molecule has 2 amide bonds. The third kappa shape index (κ3) is 6.47. The number of nitrogens with zero attached hydrogens (tertiary/aromatic N) is 1. The van der Waals surface area contributed by atoms with Crippen LogP contribution in [-0.4, -0.2) is 31.7 Å². The second kappa shape index (κ2) is 11.2. The van der Waals surface area contributed by atoms with Crippen molar-refractivity contribution in [1.29, 1.82) is 0 Å². The van der Waals surface area contributed by atoms with Gasteiger partial charge in [-0.25, -0.2) is 5.43 Å². The monoisotopic (exact) mass is 471 g/mol. The second-order valence-corrected chi connectivity index (χ2v) is 7.30. The summed E-state index contributed by atoms with van der Waals surface area (Å²) in [6, 6.07) is 18.3. The Kier molecular flexibility index (Phi) is 8.08. The maximum absolute atomic E-state index is 12.3. The lowest BCUT2D eigenvalue weighted by Crippen LogP contribution is -2.21. The number of halogens is 2. The number of carbonyl (C=O) groups excluding carboxylic acids is 2. The molecule has 2 N–H and O–H groups in total. The fraction of sp³-hybridized carbons (Fsp3) is 0.0870. The number of hydrogen-bond donors (Lipinski definition) is 2. The van der Waals surface area contributed by atoms with Gasteiger partial charge >= 0.3 is 0 Å². The maximum Gasteiger partial charge on any atom is 0.271 e. The van der Waals surface area contributed by atoms with E-state index in [-0.39, 0.29) is 12.5 Å². The molecule has 0 aliphatic rings. The minimum atomic E-state index is -0.404. The normalized spacial score (nSPS) is 10.6. The highest BCUT2D eigenvalue weighted by Crippen LogP contribution is 2.24. The molecule has 0 saturated heterocycles. The largest absolute Gasteiger partial charge is 0.495 e. The first-order chi connectivity index (χ1) is 15.5. The van der Waals surface area contributed by atoms with Crippen molar-refractivity contribution in [1.82, 2.24) is 5.43 Å². The van der Waals surface area contributed by atoms with Crippen LogP contribution in [0.3, 0.4) is 0 Å². The van der Waals surface area contributed by atoms with Crippen molar-refractivity contribution in [3.8, 4) is 11.5 Å². The predicted molar refractivity (Wildman–Crippen MR) is 125 cm³/mol. The molecule has 0 aromatic heterocycles. The number of rotatable bonds is 8. The van der Waals surface area contributed by atoms with Gasteiger partial charge in [0.05, 0.1) is 19.0 Å². The van der Waals surface area contributed by atoms with E-state index < -0.39 is 5.91 Å². The number of hydrogen-bond acceptors (Lipinski definition) is 5. The van der Waals surface area contributed by atoms with Crippen LogP contribution in [0.25, 0.3) is 0 Å². The lowest BCUT2D eigenvalue weighted by Gasteiger charge is -2.12. The summed E-state index contributed by atoms with van der Waals surface area (Å²) >= 11 is 11.9. The van der Waals surface area contributed by atoms with Crippen LogP contribution in [-0.2, 0) is 4.79 Å². The van der Waals surface area contributed by atoms with Crippen LogP contribution in [0.1, 0.15) is 15.9 Å². The van der Waals surface area contributed by atoms with Crippen LogP contribution >= 0.6 is 23.2 Å². The fourth-order valence-electron chi connectivity index (χ4n) is 2.66. The SMILES string of the molecule is COc1ccccc1NC(=O)COc1ccc(Cl)cc1/C=N/NC(=O)c1ccc(Cl)cc1. The van der Waals surface area contributed by atoms with E-state index in [0.717, 1.165) is 0 Å². The number of anilines is 1.